The Morgan fingerprint density at radius 1 is 1.17 bits per heavy atom. The Balaban J connectivity index is 0.00000300. The lowest BCUT2D eigenvalue weighted by Crippen LogP contribution is -2.49. The Labute approximate surface area is 174 Å². The zero-order valence-corrected chi connectivity index (χ0v) is 17.3. The maximum absolute atomic E-state index is 13.8. The maximum atomic E-state index is 13.8. The van der Waals surface area contributed by atoms with Crippen LogP contribution in [0.5, 0.6) is 0 Å². The molecule has 0 spiro atoms. The van der Waals surface area contributed by atoms with Crippen molar-refractivity contribution in [3.05, 3.63) is 29.8 Å². The smallest absolute Gasteiger partial charge is 0.243 e. The molecule has 1 heterocycles. The van der Waals surface area contributed by atoms with Gasteiger partial charge >= 0.3 is 0 Å². The van der Waals surface area contributed by atoms with Gasteiger partial charge in [-0.25, -0.2) is 26.3 Å². The molecule has 1 saturated carbocycles. The SMILES string of the molecule is Cl.N[C@H](C(=O)N1CC[C@H](F)C1)C1CCC(NS(=O)(=O)c2ccc(F)cc2F)CC1. The summed E-state index contributed by atoms with van der Waals surface area (Å²) >= 11 is 0. The molecule has 11 heteroatoms. The molecule has 1 aliphatic heterocycles. The quantitative estimate of drug-likeness (QED) is 0.711. The third kappa shape index (κ3) is 5.62. The highest BCUT2D eigenvalue weighted by Crippen LogP contribution is 2.29. The van der Waals surface area contributed by atoms with E-state index in [1.807, 2.05) is 0 Å². The van der Waals surface area contributed by atoms with Crippen LogP contribution in [0.4, 0.5) is 13.2 Å². The summed E-state index contributed by atoms with van der Waals surface area (Å²) in [5.41, 5.74) is 6.08. The highest BCUT2D eigenvalue weighted by molar-refractivity contribution is 7.89. The van der Waals surface area contributed by atoms with Crippen LogP contribution in [0.3, 0.4) is 0 Å². The van der Waals surface area contributed by atoms with Crippen molar-refractivity contribution in [2.24, 2.45) is 11.7 Å². The normalized spacial score (nSPS) is 26.1. The number of hydrogen-bond donors (Lipinski definition) is 2. The fourth-order valence-electron chi connectivity index (χ4n) is 3.90. The summed E-state index contributed by atoms with van der Waals surface area (Å²) in [5, 5.41) is 0. The van der Waals surface area contributed by atoms with Gasteiger partial charge in [-0.1, -0.05) is 0 Å². The van der Waals surface area contributed by atoms with Gasteiger partial charge in [-0.15, -0.1) is 12.4 Å². The molecular weight excluding hydrogens is 431 g/mol. The van der Waals surface area contributed by atoms with E-state index in [2.05, 4.69) is 4.72 Å². The monoisotopic (exact) mass is 455 g/mol. The van der Waals surface area contributed by atoms with E-state index in [1.165, 1.54) is 4.90 Å². The first kappa shape index (κ1) is 23.9. The van der Waals surface area contributed by atoms with E-state index in [4.69, 9.17) is 5.73 Å². The van der Waals surface area contributed by atoms with Crippen molar-refractivity contribution in [3.8, 4) is 0 Å². The number of nitrogens with one attached hydrogen (secondary N) is 1. The van der Waals surface area contributed by atoms with Crippen LogP contribution in [0.25, 0.3) is 0 Å². The van der Waals surface area contributed by atoms with Crippen LogP contribution in [0, 0.1) is 17.6 Å². The molecule has 3 rings (SSSR count). The fraction of sp³-hybridized carbons (Fsp3) is 0.611. The minimum Gasteiger partial charge on any atom is -0.338 e. The fourth-order valence-corrected chi connectivity index (χ4v) is 5.27. The molecule has 29 heavy (non-hydrogen) atoms. The molecule has 6 nitrogen and oxygen atoms in total. The number of alkyl halides is 1. The third-order valence-electron chi connectivity index (χ3n) is 5.51. The number of benzene rings is 1. The summed E-state index contributed by atoms with van der Waals surface area (Å²) in [7, 11) is -4.12. The largest absolute Gasteiger partial charge is 0.338 e. The molecule has 0 unspecified atom stereocenters. The number of rotatable bonds is 5. The van der Waals surface area contributed by atoms with Crippen LogP contribution in [0.15, 0.2) is 23.1 Å². The molecule has 1 aromatic carbocycles. The van der Waals surface area contributed by atoms with Gasteiger partial charge in [0.25, 0.3) is 0 Å². The van der Waals surface area contributed by atoms with Crippen molar-refractivity contribution in [2.45, 2.75) is 55.3 Å². The Morgan fingerprint density at radius 2 is 1.83 bits per heavy atom. The first-order chi connectivity index (χ1) is 13.2. The molecule has 2 atom stereocenters. The van der Waals surface area contributed by atoms with Gasteiger partial charge < -0.3 is 10.6 Å². The lowest BCUT2D eigenvalue weighted by Gasteiger charge is -2.33. The molecule has 2 aliphatic rings. The van der Waals surface area contributed by atoms with Gasteiger partial charge in [-0.05, 0) is 50.2 Å². The number of halogens is 4. The van der Waals surface area contributed by atoms with E-state index in [9.17, 15) is 26.4 Å². The van der Waals surface area contributed by atoms with Crippen molar-refractivity contribution < 1.29 is 26.4 Å². The number of carbonyl (C=O) groups is 1. The van der Waals surface area contributed by atoms with Gasteiger partial charge in [0.05, 0.1) is 12.6 Å². The summed E-state index contributed by atoms with van der Waals surface area (Å²) in [4.78, 5) is 13.2. The standard InChI is InChI=1S/C18H24F3N3O3S.ClH/c19-12-3-6-16(15(21)9-12)28(26,27)23-14-4-1-11(2-5-14)17(22)18(25)24-8-7-13(20)10-24;/h3,6,9,11,13-14,17,23H,1-2,4-5,7-8,10,22H2;1H/t11?,13-,14?,17-;/m0./s1. The highest BCUT2D eigenvalue weighted by atomic mass is 35.5. The average Bonchev–Trinajstić information content (AvgIpc) is 3.07. The number of nitrogens with two attached hydrogens (primary N) is 1. The van der Waals surface area contributed by atoms with Crippen LogP contribution in [-0.4, -0.2) is 50.6 Å². The minimum atomic E-state index is -4.12. The number of hydrogen-bond acceptors (Lipinski definition) is 4. The van der Waals surface area contributed by atoms with Crippen LogP contribution in [-0.2, 0) is 14.8 Å². The predicted octanol–water partition coefficient (Wildman–Crippen LogP) is 2.12. The molecule has 164 valence electrons. The zero-order valence-electron chi connectivity index (χ0n) is 15.7. The first-order valence-corrected chi connectivity index (χ1v) is 10.8. The average molecular weight is 456 g/mol. The molecule has 2 fully saturated rings. The van der Waals surface area contributed by atoms with Crippen molar-refractivity contribution >= 4 is 28.3 Å². The van der Waals surface area contributed by atoms with Crippen LogP contribution in [0.2, 0.25) is 0 Å². The van der Waals surface area contributed by atoms with Gasteiger partial charge in [0.1, 0.15) is 22.7 Å². The van der Waals surface area contributed by atoms with E-state index >= 15 is 0 Å². The molecule has 1 aromatic rings. The lowest BCUT2D eigenvalue weighted by molar-refractivity contribution is -0.133. The van der Waals surface area contributed by atoms with E-state index in [-0.39, 0.29) is 30.8 Å². The van der Waals surface area contributed by atoms with Crippen LogP contribution < -0.4 is 10.5 Å². The number of likely N-dealkylation sites (tertiary alicyclic amines) is 1. The molecule has 3 N–H and O–H groups in total. The lowest BCUT2D eigenvalue weighted by atomic mass is 9.81. The summed E-state index contributed by atoms with van der Waals surface area (Å²) in [6, 6.07) is 1.14. The highest BCUT2D eigenvalue weighted by Gasteiger charge is 2.36. The van der Waals surface area contributed by atoms with Gasteiger partial charge in [0.2, 0.25) is 15.9 Å². The van der Waals surface area contributed by atoms with E-state index in [1.54, 1.807) is 0 Å². The summed E-state index contributed by atoms with van der Waals surface area (Å²) in [5.74, 6) is -2.38. The third-order valence-corrected chi connectivity index (χ3v) is 7.07. The Hall–Kier alpha value is -1.36. The van der Waals surface area contributed by atoms with Gasteiger partial charge in [0, 0.05) is 18.7 Å². The molecule has 0 radical (unpaired) electrons. The Morgan fingerprint density at radius 3 is 2.38 bits per heavy atom. The number of sulfonamides is 1. The molecular formula is C18H25ClF3N3O3S. The van der Waals surface area contributed by atoms with E-state index in [0.717, 1.165) is 12.1 Å². The molecule has 0 bridgehead atoms. The Kier molecular flexibility index (Phi) is 7.94. The summed E-state index contributed by atoms with van der Waals surface area (Å²) < 4.78 is 67.3. The van der Waals surface area contributed by atoms with Crippen molar-refractivity contribution in [3.63, 3.8) is 0 Å². The number of nitrogens with zero attached hydrogens (tertiary/aromatic N) is 1. The van der Waals surface area contributed by atoms with E-state index in [0.29, 0.717) is 44.7 Å². The van der Waals surface area contributed by atoms with Gasteiger partial charge in [0.15, 0.2) is 0 Å². The zero-order chi connectivity index (χ0) is 20.5. The summed E-state index contributed by atoms with van der Waals surface area (Å²) in [6.45, 7) is 0.441. The molecule has 1 amide bonds. The van der Waals surface area contributed by atoms with Crippen molar-refractivity contribution in [1.82, 2.24) is 9.62 Å². The summed E-state index contributed by atoms with van der Waals surface area (Å²) in [6.07, 6.45) is 1.26. The minimum absolute atomic E-state index is 0. The second-order valence-corrected chi connectivity index (χ2v) is 9.19. The topological polar surface area (TPSA) is 92.5 Å². The van der Waals surface area contributed by atoms with Gasteiger partial charge in [-0.3, -0.25) is 4.79 Å². The number of amides is 1. The molecule has 0 aromatic heterocycles. The first-order valence-electron chi connectivity index (χ1n) is 9.33. The second-order valence-electron chi connectivity index (χ2n) is 7.50. The van der Waals surface area contributed by atoms with Crippen molar-refractivity contribution in [2.75, 3.05) is 13.1 Å². The maximum Gasteiger partial charge on any atom is 0.243 e. The second kappa shape index (κ2) is 9.63. The molecule has 1 aliphatic carbocycles. The van der Waals surface area contributed by atoms with Crippen molar-refractivity contribution in [1.29, 1.82) is 0 Å². The predicted molar refractivity (Wildman–Crippen MR) is 104 cm³/mol. The Bertz CT molecular complexity index is 835. The molecule has 1 saturated heterocycles. The van der Waals surface area contributed by atoms with Gasteiger partial charge in [-0.2, -0.15) is 0 Å². The number of carbonyl (C=O) groups excluding carboxylic acids is 1. The van der Waals surface area contributed by atoms with Crippen LogP contribution in [0.1, 0.15) is 32.1 Å². The van der Waals surface area contributed by atoms with Crippen LogP contribution >= 0.6 is 12.4 Å². The van der Waals surface area contributed by atoms with E-state index < -0.39 is 44.8 Å².